The number of hydrogen-bond acceptors (Lipinski definition) is 4. The molecule has 3 rings (SSSR count). The van der Waals surface area contributed by atoms with Gasteiger partial charge in [0.1, 0.15) is 5.82 Å². The number of nitrogens with zero attached hydrogens (tertiary/aromatic N) is 2. The highest BCUT2D eigenvalue weighted by molar-refractivity contribution is 6.04. The number of nitrogens with one attached hydrogen (secondary N) is 1. The third kappa shape index (κ3) is 3.45. The van der Waals surface area contributed by atoms with E-state index >= 15 is 0 Å². The summed E-state index contributed by atoms with van der Waals surface area (Å²) in [4.78, 5) is 16.2. The van der Waals surface area contributed by atoms with Crippen LogP contribution in [-0.2, 0) is 0 Å². The summed E-state index contributed by atoms with van der Waals surface area (Å²) in [5, 5.41) is 2.66. The minimum Gasteiger partial charge on any atom is -0.493 e. The summed E-state index contributed by atoms with van der Waals surface area (Å²) in [6, 6.07) is 9.25. The molecule has 1 amide bonds. The highest BCUT2D eigenvalue weighted by Crippen LogP contribution is 2.28. The van der Waals surface area contributed by atoms with E-state index in [0.717, 1.165) is 0 Å². The fourth-order valence-electron chi connectivity index (χ4n) is 2.38. The van der Waals surface area contributed by atoms with E-state index in [1.807, 2.05) is 0 Å². The molecule has 0 atom stereocenters. The molecule has 0 bridgehead atoms. The predicted molar refractivity (Wildman–Crippen MR) is 91.0 cm³/mol. The second-order valence-corrected chi connectivity index (χ2v) is 5.16. The summed E-state index contributed by atoms with van der Waals surface area (Å²) in [5.41, 5.74) is 1.07. The molecule has 0 radical (unpaired) electrons. The van der Waals surface area contributed by atoms with E-state index in [4.69, 9.17) is 9.47 Å². The van der Waals surface area contributed by atoms with Crippen LogP contribution in [0.4, 0.5) is 10.1 Å². The summed E-state index contributed by atoms with van der Waals surface area (Å²) < 4.78 is 26.1. The highest BCUT2D eigenvalue weighted by Gasteiger charge is 2.12. The first-order valence-electron chi connectivity index (χ1n) is 7.43. The Kier molecular flexibility index (Phi) is 4.65. The van der Waals surface area contributed by atoms with Crippen LogP contribution in [0.5, 0.6) is 11.5 Å². The van der Waals surface area contributed by atoms with Crippen LogP contribution in [0.25, 0.3) is 5.69 Å². The number of carbonyl (C=O) groups excluding carboxylic acids is 1. The Morgan fingerprint density at radius 1 is 1.12 bits per heavy atom. The lowest BCUT2D eigenvalue weighted by molar-refractivity contribution is 0.102. The number of amides is 1. The first-order valence-corrected chi connectivity index (χ1v) is 7.43. The Bertz CT molecular complexity index is 895. The molecule has 0 spiro atoms. The summed E-state index contributed by atoms with van der Waals surface area (Å²) >= 11 is 0. The Balaban J connectivity index is 1.80. The molecule has 0 saturated heterocycles. The summed E-state index contributed by atoms with van der Waals surface area (Å²) in [7, 11) is 3.01. The number of hydrogen-bond donors (Lipinski definition) is 1. The first kappa shape index (κ1) is 16.5. The van der Waals surface area contributed by atoms with Crippen molar-refractivity contribution in [1.29, 1.82) is 0 Å². The van der Waals surface area contributed by atoms with Crippen molar-refractivity contribution in [2.45, 2.75) is 0 Å². The smallest absolute Gasteiger partial charge is 0.255 e. The van der Waals surface area contributed by atoms with Gasteiger partial charge >= 0.3 is 0 Å². The van der Waals surface area contributed by atoms with Gasteiger partial charge in [-0.15, -0.1) is 0 Å². The van der Waals surface area contributed by atoms with Crippen molar-refractivity contribution in [3.63, 3.8) is 0 Å². The molecule has 25 heavy (non-hydrogen) atoms. The maximum Gasteiger partial charge on any atom is 0.255 e. The monoisotopic (exact) mass is 341 g/mol. The van der Waals surface area contributed by atoms with Crippen molar-refractivity contribution in [2.24, 2.45) is 0 Å². The lowest BCUT2D eigenvalue weighted by atomic mass is 10.1. The number of methoxy groups -OCH3 is 2. The molecule has 1 N–H and O–H groups in total. The van der Waals surface area contributed by atoms with Gasteiger partial charge in [-0.2, -0.15) is 0 Å². The average Bonchev–Trinajstić information content (AvgIpc) is 3.15. The molecule has 7 heteroatoms. The summed E-state index contributed by atoms with van der Waals surface area (Å²) in [5.74, 6) is 0.116. The first-order chi connectivity index (χ1) is 12.1. The van der Waals surface area contributed by atoms with E-state index in [9.17, 15) is 9.18 Å². The second kappa shape index (κ2) is 7.04. The minimum atomic E-state index is -0.469. The number of halogens is 1. The summed E-state index contributed by atoms with van der Waals surface area (Å²) in [6.07, 6.45) is 4.70. The van der Waals surface area contributed by atoms with Crippen molar-refractivity contribution in [3.05, 3.63) is 66.5 Å². The molecule has 0 unspecified atom stereocenters. The standard InChI is InChI=1S/C18H16FN3O3/c1-24-16-6-3-12(9-17(16)25-2)18(23)21-13-4-5-15(14(19)10-13)22-8-7-20-11-22/h3-11H,1-2H3,(H,21,23). The molecule has 0 aliphatic rings. The molecular weight excluding hydrogens is 325 g/mol. The van der Waals surface area contributed by atoms with E-state index in [2.05, 4.69) is 10.3 Å². The predicted octanol–water partition coefficient (Wildman–Crippen LogP) is 3.28. The van der Waals surface area contributed by atoms with Crippen LogP contribution < -0.4 is 14.8 Å². The quantitative estimate of drug-likeness (QED) is 0.773. The average molecular weight is 341 g/mol. The Morgan fingerprint density at radius 2 is 1.92 bits per heavy atom. The van der Waals surface area contributed by atoms with Crippen LogP contribution in [-0.4, -0.2) is 29.7 Å². The van der Waals surface area contributed by atoms with Crippen molar-refractivity contribution in [1.82, 2.24) is 9.55 Å². The molecular formula is C18H16FN3O3. The zero-order chi connectivity index (χ0) is 17.8. The number of anilines is 1. The molecule has 128 valence electrons. The van der Waals surface area contributed by atoms with E-state index in [1.54, 1.807) is 47.3 Å². The molecule has 6 nitrogen and oxygen atoms in total. The largest absolute Gasteiger partial charge is 0.493 e. The van der Waals surface area contributed by atoms with E-state index in [0.29, 0.717) is 28.4 Å². The maximum atomic E-state index is 14.2. The van der Waals surface area contributed by atoms with Gasteiger partial charge in [-0.25, -0.2) is 9.37 Å². The van der Waals surface area contributed by atoms with Gasteiger partial charge in [-0.05, 0) is 36.4 Å². The lowest BCUT2D eigenvalue weighted by Crippen LogP contribution is -2.12. The normalized spacial score (nSPS) is 10.4. The molecule has 0 fully saturated rings. The summed E-state index contributed by atoms with van der Waals surface area (Å²) in [6.45, 7) is 0. The number of carbonyl (C=O) groups is 1. The van der Waals surface area contributed by atoms with E-state index in [-0.39, 0.29) is 5.91 Å². The van der Waals surface area contributed by atoms with Gasteiger partial charge in [0.25, 0.3) is 5.91 Å². The van der Waals surface area contributed by atoms with Crippen LogP contribution in [0.15, 0.2) is 55.1 Å². The number of ether oxygens (including phenoxy) is 2. The van der Waals surface area contributed by atoms with E-state index < -0.39 is 5.82 Å². The fraction of sp³-hybridized carbons (Fsp3) is 0.111. The van der Waals surface area contributed by atoms with Gasteiger partial charge in [0.2, 0.25) is 0 Å². The van der Waals surface area contributed by atoms with Crippen LogP contribution in [0.1, 0.15) is 10.4 Å². The number of imidazole rings is 1. The van der Waals surface area contributed by atoms with E-state index in [1.165, 1.54) is 26.6 Å². The fourth-order valence-corrected chi connectivity index (χ4v) is 2.38. The Labute approximate surface area is 143 Å². The zero-order valence-electron chi connectivity index (χ0n) is 13.7. The van der Waals surface area contributed by atoms with Gasteiger partial charge < -0.3 is 19.4 Å². The molecule has 0 aliphatic carbocycles. The highest BCUT2D eigenvalue weighted by atomic mass is 19.1. The third-order valence-corrected chi connectivity index (χ3v) is 3.63. The molecule has 1 heterocycles. The molecule has 0 saturated carbocycles. The number of aromatic nitrogens is 2. The SMILES string of the molecule is COc1ccc(C(=O)Nc2ccc(-n3ccnc3)c(F)c2)cc1OC. The maximum absolute atomic E-state index is 14.2. The van der Waals surface area contributed by atoms with Gasteiger partial charge in [-0.1, -0.05) is 0 Å². The van der Waals surface area contributed by atoms with Gasteiger partial charge in [0.15, 0.2) is 11.5 Å². The van der Waals surface area contributed by atoms with Crippen molar-refractivity contribution < 1.29 is 18.7 Å². The van der Waals surface area contributed by atoms with Crippen molar-refractivity contribution >= 4 is 11.6 Å². The topological polar surface area (TPSA) is 65.4 Å². The molecule has 1 aromatic heterocycles. The third-order valence-electron chi connectivity index (χ3n) is 3.63. The Morgan fingerprint density at radius 3 is 2.56 bits per heavy atom. The molecule has 2 aromatic carbocycles. The Hall–Kier alpha value is -3.35. The van der Waals surface area contributed by atoms with Crippen LogP contribution in [0.3, 0.4) is 0 Å². The minimum absolute atomic E-state index is 0.348. The second-order valence-electron chi connectivity index (χ2n) is 5.16. The van der Waals surface area contributed by atoms with Gasteiger partial charge in [-0.3, -0.25) is 4.79 Å². The van der Waals surface area contributed by atoms with Crippen molar-refractivity contribution in [3.8, 4) is 17.2 Å². The van der Waals surface area contributed by atoms with Crippen LogP contribution >= 0.6 is 0 Å². The lowest BCUT2D eigenvalue weighted by Gasteiger charge is -2.11. The van der Waals surface area contributed by atoms with Crippen molar-refractivity contribution in [2.75, 3.05) is 19.5 Å². The molecule has 3 aromatic rings. The van der Waals surface area contributed by atoms with Crippen LogP contribution in [0, 0.1) is 5.82 Å². The zero-order valence-corrected chi connectivity index (χ0v) is 13.7. The van der Waals surface area contributed by atoms with Gasteiger partial charge in [0, 0.05) is 23.6 Å². The van der Waals surface area contributed by atoms with Gasteiger partial charge in [0.05, 0.1) is 26.2 Å². The number of benzene rings is 2. The van der Waals surface area contributed by atoms with Crippen LogP contribution in [0.2, 0.25) is 0 Å². The molecule has 0 aliphatic heterocycles. The number of rotatable bonds is 5.